The summed E-state index contributed by atoms with van der Waals surface area (Å²) in [6.07, 6.45) is 4.04. The minimum atomic E-state index is -0.409. The number of hydrogen-bond donors (Lipinski definition) is 1. The van der Waals surface area contributed by atoms with Crippen molar-refractivity contribution in [1.82, 2.24) is 5.32 Å². The van der Waals surface area contributed by atoms with Crippen LogP contribution in [0.2, 0.25) is 0 Å². The van der Waals surface area contributed by atoms with Gasteiger partial charge in [-0.2, -0.15) is 5.26 Å². The molecule has 2 atom stereocenters. The van der Waals surface area contributed by atoms with Crippen molar-refractivity contribution in [3.05, 3.63) is 0 Å². The molecule has 0 amide bonds. The molecule has 0 saturated carbocycles. The van der Waals surface area contributed by atoms with E-state index in [-0.39, 0.29) is 0 Å². The summed E-state index contributed by atoms with van der Waals surface area (Å²) in [6, 6.07) is 2.71. The Morgan fingerprint density at radius 2 is 2.26 bits per heavy atom. The Morgan fingerprint density at radius 3 is 2.84 bits per heavy atom. The highest BCUT2D eigenvalue weighted by Gasteiger charge is 2.23. The van der Waals surface area contributed by atoms with Gasteiger partial charge in [-0.05, 0) is 46.5 Å². The van der Waals surface area contributed by atoms with Gasteiger partial charge in [-0.1, -0.05) is 0 Å². The molecule has 1 N–H and O–H groups in total. The van der Waals surface area contributed by atoms with Gasteiger partial charge in [0.25, 0.3) is 0 Å². The van der Waals surface area contributed by atoms with Crippen LogP contribution in [0, 0.1) is 17.2 Å². The van der Waals surface area contributed by atoms with Crippen molar-refractivity contribution in [3.8, 4) is 6.07 Å². The highest BCUT2D eigenvalue weighted by Crippen LogP contribution is 2.15. The van der Waals surface area contributed by atoms with Crippen LogP contribution in [-0.4, -0.2) is 38.0 Å². The summed E-state index contributed by atoms with van der Waals surface area (Å²) in [5, 5.41) is 12.5. The van der Waals surface area contributed by atoms with Crippen LogP contribution in [0.4, 0.5) is 0 Å². The minimum Gasteiger partial charge on any atom is -0.381 e. The molecule has 0 aromatic heterocycles. The fourth-order valence-electron chi connectivity index (χ4n) is 2.44. The molecule has 0 spiro atoms. The smallest absolute Gasteiger partial charge is 0.104 e. The summed E-state index contributed by atoms with van der Waals surface area (Å²) < 4.78 is 11.0. The Morgan fingerprint density at radius 1 is 1.47 bits per heavy atom. The lowest BCUT2D eigenvalue weighted by Gasteiger charge is -2.25. The second-order valence-corrected chi connectivity index (χ2v) is 6.00. The number of nitriles is 1. The molecular formula is C15H28N2O2. The molecule has 1 saturated heterocycles. The molecule has 1 rings (SSSR count). The fraction of sp³-hybridized carbons (Fsp3) is 0.933. The first-order valence-corrected chi connectivity index (χ1v) is 7.40. The predicted octanol–water partition coefficient (Wildman–Crippen LogP) is 2.49. The maximum atomic E-state index is 9.22. The average Bonchev–Trinajstić information content (AvgIpc) is 2.86. The third-order valence-corrected chi connectivity index (χ3v) is 3.45. The van der Waals surface area contributed by atoms with E-state index in [2.05, 4.69) is 25.2 Å². The Bertz CT molecular complexity index is 282. The number of ether oxygens (including phenoxy) is 2. The van der Waals surface area contributed by atoms with E-state index in [1.165, 1.54) is 0 Å². The standard InChI is InChI=1S/C15H28N2O2/c1-13(2)17-15(3,12-16)7-4-5-8-18-10-14-6-9-19-11-14/h13-14,17H,4-11H2,1-3H3. The second kappa shape index (κ2) is 8.52. The first-order valence-electron chi connectivity index (χ1n) is 7.40. The monoisotopic (exact) mass is 268 g/mol. The van der Waals surface area contributed by atoms with Crippen LogP contribution < -0.4 is 5.32 Å². The third kappa shape index (κ3) is 6.91. The SMILES string of the molecule is CC(C)NC(C)(C#N)CCCCOCC1CCOC1. The lowest BCUT2D eigenvalue weighted by atomic mass is 9.96. The van der Waals surface area contributed by atoms with E-state index < -0.39 is 5.54 Å². The quantitative estimate of drug-likeness (QED) is 0.653. The van der Waals surface area contributed by atoms with Crippen molar-refractivity contribution in [2.75, 3.05) is 26.4 Å². The zero-order valence-corrected chi connectivity index (χ0v) is 12.6. The largest absolute Gasteiger partial charge is 0.381 e. The van der Waals surface area contributed by atoms with E-state index in [0.29, 0.717) is 12.0 Å². The molecule has 2 unspecified atom stereocenters. The average molecular weight is 268 g/mol. The molecule has 1 aliphatic rings. The summed E-state index contributed by atoms with van der Waals surface area (Å²) in [4.78, 5) is 0. The summed E-state index contributed by atoms with van der Waals surface area (Å²) in [5.41, 5.74) is -0.409. The molecule has 1 heterocycles. The van der Waals surface area contributed by atoms with E-state index in [4.69, 9.17) is 9.47 Å². The Labute approximate surface area is 117 Å². The van der Waals surface area contributed by atoms with Crippen LogP contribution in [0.1, 0.15) is 46.5 Å². The zero-order chi connectivity index (χ0) is 14.1. The molecule has 0 aliphatic carbocycles. The van der Waals surface area contributed by atoms with Gasteiger partial charge in [-0.15, -0.1) is 0 Å². The molecule has 1 fully saturated rings. The predicted molar refractivity (Wildman–Crippen MR) is 75.9 cm³/mol. The summed E-state index contributed by atoms with van der Waals surface area (Å²) in [6.45, 7) is 9.47. The molecule has 4 nitrogen and oxygen atoms in total. The molecule has 0 radical (unpaired) electrons. The third-order valence-electron chi connectivity index (χ3n) is 3.45. The molecule has 110 valence electrons. The van der Waals surface area contributed by atoms with Crippen molar-refractivity contribution in [3.63, 3.8) is 0 Å². The van der Waals surface area contributed by atoms with Crippen LogP contribution in [0.5, 0.6) is 0 Å². The van der Waals surface area contributed by atoms with Crippen LogP contribution >= 0.6 is 0 Å². The Balaban J connectivity index is 2.04. The molecule has 0 bridgehead atoms. The highest BCUT2D eigenvalue weighted by atomic mass is 16.5. The van der Waals surface area contributed by atoms with Gasteiger partial charge in [0.1, 0.15) is 5.54 Å². The number of nitrogens with one attached hydrogen (secondary N) is 1. The molecule has 0 aromatic rings. The first kappa shape index (κ1) is 16.4. The van der Waals surface area contributed by atoms with E-state index in [0.717, 1.165) is 52.1 Å². The Hall–Kier alpha value is -0.630. The molecular weight excluding hydrogens is 240 g/mol. The van der Waals surface area contributed by atoms with Gasteiger partial charge in [-0.3, -0.25) is 5.32 Å². The topological polar surface area (TPSA) is 54.3 Å². The van der Waals surface area contributed by atoms with Gasteiger partial charge in [-0.25, -0.2) is 0 Å². The van der Waals surface area contributed by atoms with Gasteiger partial charge in [0.2, 0.25) is 0 Å². The zero-order valence-electron chi connectivity index (χ0n) is 12.6. The maximum Gasteiger partial charge on any atom is 0.104 e. The van der Waals surface area contributed by atoms with Gasteiger partial charge in [0, 0.05) is 25.2 Å². The number of unbranched alkanes of at least 4 members (excludes halogenated alkanes) is 1. The van der Waals surface area contributed by atoms with E-state index in [9.17, 15) is 5.26 Å². The van der Waals surface area contributed by atoms with E-state index in [1.807, 2.05) is 6.92 Å². The fourth-order valence-corrected chi connectivity index (χ4v) is 2.44. The maximum absolute atomic E-state index is 9.22. The normalized spacial score (nSPS) is 22.4. The van der Waals surface area contributed by atoms with Crippen LogP contribution in [-0.2, 0) is 9.47 Å². The van der Waals surface area contributed by atoms with Crippen LogP contribution in [0.3, 0.4) is 0 Å². The van der Waals surface area contributed by atoms with E-state index >= 15 is 0 Å². The molecule has 19 heavy (non-hydrogen) atoms. The summed E-state index contributed by atoms with van der Waals surface area (Å²) in [7, 11) is 0. The lowest BCUT2D eigenvalue weighted by molar-refractivity contribution is 0.0864. The lowest BCUT2D eigenvalue weighted by Crippen LogP contribution is -2.44. The molecule has 4 heteroatoms. The number of rotatable bonds is 9. The van der Waals surface area contributed by atoms with Crippen molar-refractivity contribution in [2.24, 2.45) is 5.92 Å². The molecule has 0 aromatic carbocycles. The minimum absolute atomic E-state index is 0.336. The van der Waals surface area contributed by atoms with Gasteiger partial charge in [0.05, 0.1) is 19.3 Å². The first-order chi connectivity index (χ1) is 9.06. The van der Waals surface area contributed by atoms with Crippen molar-refractivity contribution < 1.29 is 9.47 Å². The van der Waals surface area contributed by atoms with Crippen molar-refractivity contribution >= 4 is 0 Å². The van der Waals surface area contributed by atoms with E-state index in [1.54, 1.807) is 0 Å². The van der Waals surface area contributed by atoms with Crippen LogP contribution in [0.25, 0.3) is 0 Å². The highest BCUT2D eigenvalue weighted by molar-refractivity contribution is 5.04. The van der Waals surface area contributed by atoms with Crippen molar-refractivity contribution in [2.45, 2.75) is 58.0 Å². The number of hydrogen-bond acceptors (Lipinski definition) is 4. The summed E-state index contributed by atoms with van der Waals surface area (Å²) in [5.74, 6) is 0.590. The number of nitrogens with zero attached hydrogens (tertiary/aromatic N) is 1. The van der Waals surface area contributed by atoms with Gasteiger partial charge in [0.15, 0.2) is 0 Å². The second-order valence-electron chi connectivity index (χ2n) is 6.00. The van der Waals surface area contributed by atoms with Crippen LogP contribution in [0.15, 0.2) is 0 Å². The Kier molecular flexibility index (Phi) is 7.37. The van der Waals surface area contributed by atoms with Crippen molar-refractivity contribution in [1.29, 1.82) is 5.26 Å². The summed E-state index contributed by atoms with van der Waals surface area (Å²) >= 11 is 0. The molecule has 1 aliphatic heterocycles. The van der Waals surface area contributed by atoms with Gasteiger partial charge >= 0.3 is 0 Å². The van der Waals surface area contributed by atoms with Gasteiger partial charge < -0.3 is 9.47 Å².